The Morgan fingerprint density at radius 2 is 2.10 bits per heavy atom. The van der Waals surface area contributed by atoms with E-state index in [1.54, 1.807) is 12.1 Å². The van der Waals surface area contributed by atoms with Gasteiger partial charge in [-0.25, -0.2) is 9.97 Å². The number of hydrogen-bond acceptors (Lipinski definition) is 6. The summed E-state index contributed by atoms with van der Waals surface area (Å²) in [5.41, 5.74) is 8.07. The lowest BCUT2D eigenvalue weighted by molar-refractivity contribution is 0.136. The molecule has 0 aliphatic heterocycles. The van der Waals surface area contributed by atoms with Gasteiger partial charge in [0.2, 0.25) is 0 Å². The summed E-state index contributed by atoms with van der Waals surface area (Å²) in [6.45, 7) is 0.745. The molecule has 3 heterocycles. The number of rotatable bonds is 4. The van der Waals surface area contributed by atoms with E-state index in [2.05, 4.69) is 20.3 Å². The van der Waals surface area contributed by atoms with Gasteiger partial charge in [0.05, 0.1) is 29.4 Å². The topological polar surface area (TPSA) is 122 Å². The van der Waals surface area contributed by atoms with Gasteiger partial charge < -0.3 is 25.7 Å². The number of aliphatic hydroxyl groups excluding tert-OH is 1. The Balaban J connectivity index is 1.31. The van der Waals surface area contributed by atoms with Gasteiger partial charge in [0.1, 0.15) is 11.5 Å². The third kappa shape index (κ3) is 3.21. The number of nitrogens with zero attached hydrogens (tertiary/aromatic N) is 3. The molecule has 3 unspecified atom stereocenters. The molecule has 5 N–H and O–H groups in total. The SMILES string of the molecule is Nc1ccc2ccc(NCC3CC(O)C(n4ccc5c(=O)[nH]cnc54)C3)cc2n1. The van der Waals surface area contributed by atoms with Gasteiger partial charge in [0.15, 0.2) is 0 Å². The maximum atomic E-state index is 11.9. The summed E-state index contributed by atoms with van der Waals surface area (Å²) in [5, 5.41) is 15.7. The number of H-pyrrole nitrogens is 1. The van der Waals surface area contributed by atoms with Gasteiger partial charge in [-0.3, -0.25) is 4.79 Å². The maximum Gasteiger partial charge on any atom is 0.260 e. The predicted octanol–water partition coefficient (Wildman–Crippen LogP) is 2.28. The first-order valence-electron chi connectivity index (χ1n) is 9.71. The number of nitrogens with one attached hydrogen (secondary N) is 2. The van der Waals surface area contributed by atoms with E-state index in [4.69, 9.17) is 5.73 Å². The number of anilines is 2. The Morgan fingerprint density at radius 3 is 3.00 bits per heavy atom. The van der Waals surface area contributed by atoms with Crippen molar-refractivity contribution in [3.63, 3.8) is 0 Å². The second-order valence-electron chi connectivity index (χ2n) is 7.69. The van der Waals surface area contributed by atoms with Gasteiger partial charge in [0, 0.05) is 23.8 Å². The van der Waals surface area contributed by atoms with Crippen LogP contribution in [0.25, 0.3) is 21.9 Å². The molecule has 29 heavy (non-hydrogen) atoms. The average molecular weight is 390 g/mol. The number of aromatic nitrogens is 4. The maximum absolute atomic E-state index is 11.9. The summed E-state index contributed by atoms with van der Waals surface area (Å²) in [7, 11) is 0. The Hall–Kier alpha value is -3.39. The van der Waals surface area contributed by atoms with Crippen LogP contribution in [-0.4, -0.2) is 37.3 Å². The quantitative estimate of drug-likeness (QED) is 0.424. The molecule has 0 amide bonds. The van der Waals surface area contributed by atoms with Crippen LogP contribution in [0.5, 0.6) is 0 Å². The number of nitrogens with two attached hydrogens (primary N) is 1. The molecule has 0 saturated heterocycles. The van der Waals surface area contributed by atoms with Crippen LogP contribution in [0, 0.1) is 5.92 Å². The molecule has 3 atom stereocenters. The molecule has 8 heteroatoms. The molecule has 0 radical (unpaired) electrons. The molecule has 148 valence electrons. The number of pyridine rings is 1. The number of aromatic amines is 1. The number of hydrogen-bond donors (Lipinski definition) is 4. The number of aliphatic hydroxyl groups is 1. The number of nitrogen functional groups attached to an aromatic ring is 1. The molecule has 1 fully saturated rings. The monoisotopic (exact) mass is 390 g/mol. The molecule has 1 aliphatic rings. The second kappa shape index (κ2) is 6.89. The lowest BCUT2D eigenvalue weighted by Gasteiger charge is -2.17. The smallest absolute Gasteiger partial charge is 0.260 e. The molecular formula is C21H22N6O2. The van der Waals surface area contributed by atoms with Crippen LogP contribution in [0.15, 0.2) is 53.7 Å². The van der Waals surface area contributed by atoms with E-state index in [0.29, 0.717) is 29.2 Å². The van der Waals surface area contributed by atoms with Crippen molar-refractivity contribution in [1.82, 2.24) is 19.5 Å². The summed E-state index contributed by atoms with van der Waals surface area (Å²) in [6, 6.07) is 11.5. The molecule has 1 saturated carbocycles. The largest absolute Gasteiger partial charge is 0.391 e. The highest BCUT2D eigenvalue weighted by Crippen LogP contribution is 2.36. The van der Waals surface area contributed by atoms with Crippen molar-refractivity contribution in [2.75, 3.05) is 17.6 Å². The first-order chi connectivity index (χ1) is 14.1. The van der Waals surface area contributed by atoms with Gasteiger partial charge in [-0.05, 0) is 49.1 Å². The summed E-state index contributed by atoms with van der Waals surface area (Å²) >= 11 is 0. The van der Waals surface area contributed by atoms with E-state index in [-0.39, 0.29) is 11.6 Å². The van der Waals surface area contributed by atoms with Crippen molar-refractivity contribution in [1.29, 1.82) is 0 Å². The summed E-state index contributed by atoms with van der Waals surface area (Å²) in [5.74, 6) is 0.807. The third-order valence-electron chi connectivity index (χ3n) is 5.77. The molecule has 4 aromatic rings. The highest BCUT2D eigenvalue weighted by atomic mass is 16.3. The first kappa shape index (κ1) is 17.7. The third-order valence-corrected chi connectivity index (χ3v) is 5.77. The lowest BCUT2D eigenvalue weighted by Crippen LogP contribution is -2.18. The Kier molecular flexibility index (Phi) is 4.21. The average Bonchev–Trinajstić information content (AvgIpc) is 3.30. The van der Waals surface area contributed by atoms with Gasteiger partial charge in [-0.15, -0.1) is 0 Å². The van der Waals surface area contributed by atoms with E-state index in [1.165, 1.54) is 6.33 Å². The zero-order valence-corrected chi connectivity index (χ0v) is 15.7. The van der Waals surface area contributed by atoms with E-state index in [0.717, 1.165) is 29.6 Å². The van der Waals surface area contributed by atoms with Crippen LogP contribution in [0.1, 0.15) is 18.9 Å². The van der Waals surface area contributed by atoms with Crippen molar-refractivity contribution in [3.8, 4) is 0 Å². The van der Waals surface area contributed by atoms with Crippen molar-refractivity contribution in [2.45, 2.75) is 25.0 Å². The first-order valence-corrected chi connectivity index (χ1v) is 9.71. The fourth-order valence-electron chi connectivity index (χ4n) is 4.31. The zero-order chi connectivity index (χ0) is 20.0. The Morgan fingerprint density at radius 1 is 1.24 bits per heavy atom. The molecule has 3 aromatic heterocycles. The summed E-state index contributed by atoms with van der Waals surface area (Å²) in [6.07, 6.45) is 4.28. The Bertz CT molecular complexity index is 1250. The minimum atomic E-state index is -0.475. The molecule has 5 rings (SSSR count). The van der Waals surface area contributed by atoms with E-state index in [9.17, 15) is 9.90 Å². The standard InChI is InChI=1S/C21H22N6O2/c22-19-4-2-13-1-3-14(9-16(13)26-19)23-10-12-7-17(18(28)8-12)27-6-5-15-20(27)24-11-25-21(15)29/h1-6,9,11-12,17-18,23,28H,7-8,10H2,(H2,22,26)(H,24,25,29). The van der Waals surface area contributed by atoms with Gasteiger partial charge in [0.25, 0.3) is 5.56 Å². The second-order valence-corrected chi connectivity index (χ2v) is 7.69. The van der Waals surface area contributed by atoms with Gasteiger partial charge in [-0.2, -0.15) is 0 Å². The Labute approximate surface area is 166 Å². The highest BCUT2D eigenvalue weighted by Gasteiger charge is 2.34. The number of fused-ring (bicyclic) bond motifs is 2. The van der Waals surface area contributed by atoms with Gasteiger partial charge >= 0.3 is 0 Å². The van der Waals surface area contributed by atoms with Crippen LogP contribution in [0.2, 0.25) is 0 Å². The van der Waals surface area contributed by atoms with Crippen molar-refractivity contribution < 1.29 is 5.11 Å². The van der Waals surface area contributed by atoms with Gasteiger partial charge in [-0.1, -0.05) is 6.07 Å². The fraction of sp³-hybridized carbons (Fsp3) is 0.286. The molecular weight excluding hydrogens is 368 g/mol. The minimum absolute atomic E-state index is 0.0910. The van der Waals surface area contributed by atoms with Crippen LogP contribution in [-0.2, 0) is 0 Å². The normalized spacial score (nSPS) is 21.8. The molecule has 0 bridgehead atoms. The predicted molar refractivity (Wildman–Crippen MR) is 113 cm³/mol. The lowest BCUT2D eigenvalue weighted by atomic mass is 10.1. The highest BCUT2D eigenvalue weighted by molar-refractivity contribution is 5.83. The van der Waals surface area contributed by atoms with Crippen LogP contribution >= 0.6 is 0 Å². The van der Waals surface area contributed by atoms with E-state index < -0.39 is 6.10 Å². The minimum Gasteiger partial charge on any atom is -0.391 e. The molecule has 1 aromatic carbocycles. The molecule has 1 aliphatic carbocycles. The zero-order valence-electron chi connectivity index (χ0n) is 15.7. The van der Waals surface area contributed by atoms with Crippen LogP contribution in [0.4, 0.5) is 11.5 Å². The molecule has 8 nitrogen and oxygen atoms in total. The van der Waals surface area contributed by atoms with Crippen molar-refractivity contribution in [3.05, 3.63) is 59.3 Å². The van der Waals surface area contributed by atoms with Crippen molar-refractivity contribution >= 4 is 33.4 Å². The molecule has 0 spiro atoms. The summed E-state index contributed by atoms with van der Waals surface area (Å²) in [4.78, 5) is 23.2. The fourth-order valence-corrected chi connectivity index (χ4v) is 4.31. The van der Waals surface area contributed by atoms with Crippen LogP contribution in [0.3, 0.4) is 0 Å². The van der Waals surface area contributed by atoms with E-state index >= 15 is 0 Å². The van der Waals surface area contributed by atoms with Crippen LogP contribution < -0.4 is 16.6 Å². The van der Waals surface area contributed by atoms with Crippen molar-refractivity contribution in [2.24, 2.45) is 5.92 Å². The number of benzene rings is 1. The van der Waals surface area contributed by atoms with E-state index in [1.807, 2.05) is 35.0 Å². The summed E-state index contributed by atoms with van der Waals surface area (Å²) < 4.78 is 1.93.